The van der Waals surface area contributed by atoms with Crippen molar-refractivity contribution in [3.05, 3.63) is 44.5 Å². The number of hydrogen-bond acceptors (Lipinski definition) is 4. The molecule has 1 heterocycles. The molecular weight excluding hydrogens is 344 g/mol. The van der Waals surface area contributed by atoms with Crippen LogP contribution in [0.3, 0.4) is 0 Å². The van der Waals surface area contributed by atoms with Crippen LogP contribution < -0.4 is 10.5 Å². The summed E-state index contributed by atoms with van der Waals surface area (Å²) >= 11 is 9.41. The maximum absolute atomic E-state index is 7.66. The molecule has 0 aliphatic rings. The normalized spacial score (nSPS) is 10.4. The predicted octanol–water partition coefficient (Wildman–Crippen LogP) is 3.59. The van der Waals surface area contributed by atoms with Crippen molar-refractivity contribution in [2.24, 2.45) is 5.73 Å². The molecule has 0 bridgehead atoms. The molecule has 7 heteroatoms. The number of ether oxygens (including phenoxy) is 1. The van der Waals surface area contributed by atoms with Crippen LogP contribution in [0, 0.1) is 19.3 Å². The number of hydrogen-bond donors (Lipinski definition) is 2. The lowest BCUT2D eigenvalue weighted by molar-refractivity contribution is 0.452. The van der Waals surface area contributed by atoms with E-state index in [1.54, 1.807) is 25.1 Å². The van der Waals surface area contributed by atoms with E-state index in [9.17, 15) is 0 Å². The summed E-state index contributed by atoms with van der Waals surface area (Å²) in [5.74, 6) is 0.475. The summed E-state index contributed by atoms with van der Waals surface area (Å²) in [7, 11) is 0. The number of aromatic nitrogens is 2. The SMILES string of the molecule is Cc1nnc(Oc2ccc(Br)cc2Cl)c(C(=N)N)c1C. The third-order valence-electron chi connectivity index (χ3n) is 2.79. The Kier molecular flexibility index (Phi) is 4.25. The van der Waals surface area contributed by atoms with Gasteiger partial charge in [0.15, 0.2) is 0 Å². The van der Waals surface area contributed by atoms with Gasteiger partial charge in [0.05, 0.1) is 16.3 Å². The number of amidine groups is 1. The van der Waals surface area contributed by atoms with Crippen molar-refractivity contribution >= 4 is 33.4 Å². The Labute approximate surface area is 129 Å². The van der Waals surface area contributed by atoms with Crippen molar-refractivity contribution in [2.75, 3.05) is 0 Å². The zero-order valence-corrected chi connectivity index (χ0v) is 13.2. The molecule has 0 amide bonds. The second-order valence-corrected chi connectivity index (χ2v) is 5.50. The Morgan fingerprint density at radius 2 is 2.05 bits per heavy atom. The standard InChI is InChI=1S/C13H12BrClN4O/c1-6-7(2)18-19-13(11(6)12(16)17)20-10-4-3-8(14)5-9(10)15/h3-5H,1-2H3,(H3,16,17). The minimum atomic E-state index is -0.122. The molecule has 3 N–H and O–H groups in total. The number of nitrogen functional groups attached to an aromatic ring is 1. The van der Waals surface area contributed by atoms with E-state index in [0.29, 0.717) is 22.0 Å². The van der Waals surface area contributed by atoms with Crippen LogP contribution in [0.25, 0.3) is 0 Å². The summed E-state index contributed by atoms with van der Waals surface area (Å²) in [4.78, 5) is 0. The largest absolute Gasteiger partial charge is 0.435 e. The Hall–Kier alpha value is -1.66. The second kappa shape index (κ2) is 5.76. The van der Waals surface area contributed by atoms with E-state index in [2.05, 4.69) is 26.1 Å². The van der Waals surface area contributed by atoms with Gasteiger partial charge in [-0.3, -0.25) is 5.41 Å². The lowest BCUT2D eigenvalue weighted by Crippen LogP contribution is -2.16. The van der Waals surface area contributed by atoms with Gasteiger partial charge in [0.25, 0.3) is 0 Å². The van der Waals surface area contributed by atoms with Gasteiger partial charge in [0.2, 0.25) is 5.88 Å². The fourth-order valence-corrected chi connectivity index (χ4v) is 2.35. The predicted molar refractivity (Wildman–Crippen MR) is 81.7 cm³/mol. The molecule has 0 fully saturated rings. The quantitative estimate of drug-likeness (QED) is 0.651. The van der Waals surface area contributed by atoms with Gasteiger partial charge in [-0.05, 0) is 37.6 Å². The maximum Gasteiger partial charge on any atom is 0.250 e. The van der Waals surface area contributed by atoms with E-state index in [1.807, 2.05) is 6.92 Å². The molecule has 2 rings (SSSR count). The van der Waals surface area contributed by atoms with Crippen molar-refractivity contribution in [3.8, 4) is 11.6 Å². The van der Waals surface area contributed by atoms with E-state index in [0.717, 1.165) is 10.0 Å². The van der Waals surface area contributed by atoms with Gasteiger partial charge in [-0.2, -0.15) is 5.10 Å². The molecule has 0 unspecified atom stereocenters. The Morgan fingerprint density at radius 3 is 2.65 bits per heavy atom. The first kappa shape index (κ1) is 14.7. The molecule has 0 atom stereocenters. The molecule has 1 aromatic carbocycles. The third-order valence-corrected chi connectivity index (χ3v) is 3.58. The molecule has 0 saturated heterocycles. The van der Waals surface area contributed by atoms with Crippen LogP contribution in [-0.2, 0) is 0 Å². The van der Waals surface area contributed by atoms with Gasteiger partial charge in [0, 0.05) is 4.47 Å². The topological polar surface area (TPSA) is 84.9 Å². The van der Waals surface area contributed by atoms with Gasteiger partial charge in [0.1, 0.15) is 11.6 Å². The maximum atomic E-state index is 7.66. The molecule has 0 spiro atoms. The number of nitrogens with zero attached hydrogens (tertiary/aromatic N) is 2. The highest BCUT2D eigenvalue weighted by Crippen LogP contribution is 2.32. The van der Waals surface area contributed by atoms with Crippen LogP contribution in [0.2, 0.25) is 5.02 Å². The molecule has 20 heavy (non-hydrogen) atoms. The van der Waals surface area contributed by atoms with Gasteiger partial charge in [-0.1, -0.05) is 27.5 Å². The molecular formula is C13H12BrClN4O. The average molecular weight is 356 g/mol. The van der Waals surface area contributed by atoms with Crippen LogP contribution in [0.15, 0.2) is 22.7 Å². The van der Waals surface area contributed by atoms with Crippen molar-refractivity contribution in [3.63, 3.8) is 0 Å². The molecule has 0 saturated carbocycles. The fraction of sp³-hybridized carbons (Fsp3) is 0.154. The van der Waals surface area contributed by atoms with Crippen LogP contribution in [0.5, 0.6) is 11.6 Å². The van der Waals surface area contributed by atoms with E-state index < -0.39 is 0 Å². The summed E-state index contributed by atoms with van der Waals surface area (Å²) in [6, 6.07) is 5.20. The highest BCUT2D eigenvalue weighted by Gasteiger charge is 2.16. The number of nitrogens with one attached hydrogen (secondary N) is 1. The molecule has 2 aromatic rings. The first-order valence-corrected chi connectivity index (χ1v) is 6.88. The van der Waals surface area contributed by atoms with Gasteiger partial charge >= 0.3 is 0 Å². The molecule has 5 nitrogen and oxygen atoms in total. The highest BCUT2D eigenvalue weighted by atomic mass is 79.9. The number of nitrogens with two attached hydrogens (primary N) is 1. The Morgan fingerprint density at radius 1 is 1.35 bits per heavy atom. The average Bonchev–Trinajstić information content (AvgIpc) is 2.36. The van der Waals surface area contributed by atoms with Gasteiger partial charge in [-0.25, -0.2) is 0 Å². The first-order chi connectivity index (χ1) is 9.40. The molecule has 104 valence electrons. The summed E-state index contributed by atoms with van der Waals surface area (Å²) in [6.07, 6.45) is 0. The van der Waals surface area contributed by atoms with E-state index in [-0.39, 0.29) is 11.7 Å². The second-order valence-electron chi connectivity index (χ2n) is 4.18. The summed E-state index contributed by atoms with van der Waals surface area (Å²) in [5, 5.41) is 16.0. The fourth-order valence-electron chi connectivity index (χ4n) is 1.64. The monoisotopic (exact) mass is 354 g/mol. The molecule has 0 aliphatic heterocycles. The minimum Gasteiger partial charge on any atom is -0.435 e. The zero-order chi connectivity index (χ0) is 14.9. The number of aryl methyl sites for hydroxylation is 1. The van der Waals surface area contributed by atoms with Crippen molar-refractivity contribution in [1.82, 2.24) is 10.2 Å². The van der Waals surface area contributed by atoms with Crippen molar-refractivity contribution in [2.45, 2.75) is 13.8 Å². The first-order valence-electron chi connectivity index (χ1n) is 5.71. The van der Waals surface area contributed by atoms with Gasteiger partial charge < -0.3 is 10.5 Å². The van der Waals surface area contributed by atoms with E-state index in [1.165, 1.54) is 0 Å². The van der Waals surface area contributed by atoms with Crippen molar-refractivity contribution < 1.29 is 4.74 Å². The van der Waals surface area contributed by atoms with Crippen LogP contribution in [-0.4, -0.2) is 16.0 Å². The molecule has 1 aromatic heterocycles. The molecule has 0 aliphatic carbocycles. The Bertz CT molecular complexity index is 690. The van der Waals surface area contributed by atoms with Crippen molar-refractivity contribution in [1.29, 1.82) is 5.41 Å². The summed E-state index contributed by atoms with van der Waals surface area (Å²) < 4.78 is 6.49. The highest BCUT2D eigenvalue weighted by molar-refractivity contribution is 9.10. The summed E-state index contributed by atoms with van der Waals surface area (Å²) in [5.41, 5.74) is 7.48. The summed E-state index contributed by atoms with van der Waals surface area (Å²) in [6.45, 7) is 3.61. The van der Waals surface area contributed by atoms with Crippen LogP contribution >= 0.6 is 27.5 Å². The number of benzene rings is 1. The van der Waals surface area contributed by atoms with Crippen LogP contribution in [0.1, 0.15) is 16.8 Å². The van der Waals surface area contributed by atoms with Crippen LogP contribution in [0.4, 0.5) is 0 Å². The number of halogens is 2. The zero-order valence-electron chi connectivity index (χ0n) is 10.9. The lowest BCUT2D eigenvalue weighted by atomic mass is 10.1. The smallest absolute Gasteiger partial charge is 0.250 e. The minimum absolute atomic E-state index is 0.122. The molecule has 0 radical (unpaired) electrons. The van der Waals surface area contributed by atoms with E-state index in [4.69, 9.17) is 27.5 Å². The van der Waals surface area contributed by atoms with E-state index >= 15 is 0 Å². The third kappa shape index (κ3) is 2.91. The van der Waals surface area contributed by atoms with Gasteiger partial charge in [-0.15, -0.1) is 5.10 Å². The number of rotatable bonds is 3. The lowest BCUT2D eigenvalue weighted by Gasteiger charge is -2.13. The Balaban J connectivity index is 2.48.